The number of ether oxygens (including phenoxy) is 3. The van der Waals surface area contributed by atoms with E-state index in [2.05, 4.69) is 25.2 Å². The highest BCUT2D eigenvalue weighted by molar-refractivity contribution is 5.95. The first-order valence-electron chi connectivity index (χ1n) is 11.4. The van der Waals surface area contributed by atoms with E-state index in [0.717, 1.165) is 49.7 Å². The number of aromatic amines is 1. The molecule has 0 atom stereocenters. The van der Waals surface area contributed by atoms with Crippen molar-refractivity contribution in [3.63, 3.8) is 0 Å². The predicted octanol–water partition coefficient (Wildman–Crippen LogP) is 2.84. The van der Waals surface area contributed by atoms with Crippen LogP contribution >= 0.6 is 0 Å². The van der Waals surface area contributed by atoms with Crippen molar-refractivity contribution in [1.29, 1.82) is 0 Å². The Morgan fingerprint density at radius 1 is 1.11 bits per heavy atom. The maximum Gasteiger partial charge on any atom is 0.259 e. The summed E-state index contributed by atoms with van der Waals surface area (Å²) in [6.45, 7) is 4.89. The number of aromatic nitrogens is 4. The summed E-state index contributed by atoms with van der Waals surface area (Å²) in [5, 5.41) is 4.44. The van der Waals surface area contributed by atoms with E-state index in [9.17, 15) is 4.79 Å². The fraction of sp³-hybridized carbons (Fsp3) is 0.280. The molecule has 0 spiro atoms. The lowest BCUT2D eigenvalue weighted by Gasteiger charge is -2.26. The molecule has 10 nitrogen and oxygen atoms in total. The zero-order chi connectivity index (χ0) is 24.0. The molecule has 1 aromatic carbocycles. The molecule has 3 aromatic heterocycles. The number of rotatable bonds is 8. The van der Waals surface area contributed by atoms with Gasteiger partial charge in [0.05, 0.1) is 31.4 Å². The molecule has 0 amide bonds. The van der Waals surface area contributed by atoms with Gasteiger partial charge in [0.15, 0.2) is 5.69 Å². The van der Waals surface area contributed by atoms with E-state index in [4.69, 9.17) is 19.2 Å². The molecule has 1 aliphatic rings. The third-order valence-corrected chi connectivity index (χ3v) is 5.75. The first-order valence-corrected chi connectivity index (χ1v) is 11.4. The molecule has 2 N–H and O–H groups in total. The lowest BCUT2D eigenvalue weighted by molar-refractivity contribution is 0.0322. The number of nitrogens with one attached hydrogen (secondary N) is 2. The summed E-state index contributed by atoms with van der Waals surface area (Å²) in [6, 6.07) is 11.2. The topological polar surface area (TPSA) is 114 Å². The van der Waals surface area contributed by atoms with E-state index < -0.39 is 0 Å². The van der Waals surface area contributed by atoms with E-state index in [1.165, 1.54) is 7.11 Å². The molecule has 10 heteroatoms. The minimum absolute atomic E-state index is 0.238. The third-order valence-electron chi connectivity index (χ3n) is 5.75. The van der Waals surface area contributed by atoms with Gasteiger partial charge in [-0.25, -0.2) is 15.0 Å². The van der Waals surface area contributed by atoms with E-state index in [1.807, 2.05) is 30.3 Å². The van der Waals surface area contributed by atoms with Crippen molar-refractivity contribution in [3.05, 3.63) is 65.3 Å². The number of benzene rings is 1. The number of morpholine rings is 1. The van der Waals surface area contributed by atoms with E-state index >= 15 is 0 Å². The van der Waals surface area contributed by atoms with Crippen molar-refractivity contribution in [1.82, 2.24) is 24.8 Å². The number of methoxy groups -OCH3 is 1. The molecule has 0 bridgehead atoms. The summed E-state index contributed by atoms with van der Waals surface area (Å²) in [5.74, 6) is 1.54. The van der Waals surface area contributed by atoms with Crippen LogP contribution in [0.15, 0.2) is 59.8 Å². The van der Waals surface area contributed by atoms with Gasteiger partial charge in [-0.1, -0.05) is 0 Å². The molecule has 0 radical (unpaired) electrons. The van der Waals surface area contributed by atoms with Gasteiger partial charge in [0.1, 0.15) is 18.2 Å². The predicted molar refractivity (Wildman–Crippen MR) is 132 cm³/mol. The highest BCUT2D eigenvalue weighted by Gasteiger charge is 2.16. The van der Waals surface area contributed by atoms with Gasteiger partial charge in [-0.2, -0.15) is 0 Å². The van der Waals surface area contributed by atoms with Gasteiger partial charge in [0, 0.05) is 43.9 Å². The van der Waals surface area contributed by atoms with Crippen LogP contribution in [-0.4, -0.2) is 71.4 Å². The molecule has 0 aliphatic carbocycles. The van der Waals surface area contributed by atoms with Crippen LogP contribution in [0.5, 0.6) is 11.6 Å². The summed E-state index contributed by atoms with van der Waals surface area (Å²) in [7, 11) is 1.53. The smallest absolute Gasteiger partial charge is 0.259 e. The number of pyridine rings is 2. The average Bonchev–Trinajstić information content (AvgIpc) is 2.90. The standard InChI is InChI=1S/C25H26N6O4/c1-33-25-22(26-8-9-28-25)20-16-17-6-7-27-24(32)21(17)23(30-20)29-18-2-4-19(5-3-18)35-15-12-31-10-13-34-14-11-31/h2-9,16H,10-15H2,1H3,(H,27,32)(H,29,30). The number of fused-ring (bicyclic) bond motifs is 1. The molecule has 35 heavy (non-hydrogen) atoms. The van der Waals surface area contributed by atoms with Gasteiger partial charge in [-0.05, 0) is 41.8 Å². The van der Waals surface area contributed by atoms with Crippen molar-refractivity contribution < 1.29 is 14.2 Å². The molecule has 4 aromatic rings. The van der Waals surface area contributed by atoms with Crippen molar-refractivity contribution in [3.8, 4) is 23.0 Å². The maximum atomic E-state index is 12.6. The second-order valence-electron chi connectivity index (χ2n) is 7.99. The zero-order valence-electron chi connectivity index (χ0n) is 19.4. The SMILES string of the molecule is COc1nccnc1-c1cc2cc[nH]c(=O)c2c(Nc2ccc(OCCN3CCOCC3)cc2)n1. The Morgan fingerprint density at radius 2 is 1.91 bits per heavy atom. The highest BCUT2D eigenvalue weighted by Crippen LogP contribution is 2.30. The number of anilines is 2. The molecule has 0 unspecified atom stereocenters. The summed E-state index contributed by atoms with van der Waals surface area (Å²) in [5.41, 5.74) is 1.56. The van der Waals surface area contributed by atoms with Crippen LogP contribution in [-0.2, 0) is 4.74 Å². The summed E-state index contributed by atoms with van der Waals surface area (Å²) in [6.07, 6.45) is 4.74. The molecule has 4 heterocycles. The zero-order valence-corrected chi connectivity index (χ0v) is 19.4. The van der Waals surface area contributed by atoms with Gasteiger partial charge < -0.3 is 24.5 Å². The van der Waals surface area contributed by atoms with Gasteiger partial charge >= 0.3 is 0 Å². The van der Waals surface area contributed by atoms with Crippen molar-refractivity contribution in [2.75, 3.05) is 51.9 Å². The van der Waals surface area contributed by atoms with E-state index in [1.54, 1.807) is 24.7 Å². The quantitative estimate of drug-likeness (QED) is 0.398. The summed E-state index contributed by atoms with van der Waals surface area (Å²) in [4.78, 5) is 31.0. The van der Waals surface area contributed by atoms with E-state index in [-0.39, 0.29) is 5.56 Å². The Bertz CT molecular complexity index is 1350. The molecule has 1 aliphatic heterocycles. The van der Waals surface area contributed by atoms with Crippen molar-refractivity contribution in [2.24, 2.45) is 0 Å². The van der Waals surface area contributed by atoms with Crippen molar-refractivity contribution >= 4 is 22.3 Å². The molecule has 180 valence electrons. The van der Waals surface area contributed by atoms with Gasteiger partial charge in [-0.15, -0.1) is 0 Å². The van der Waals surface area contributed by atoms with Gasteiger partial charge in [-0.3, -0.25) is 9.69 Å². The molecule has 5 rings (SSSR count). The van der Waals surface area contributed by atoms with Gasteiger partial charge in [0.25, 0.3) is 5.56 Å². The maximum absolute atomic E-state index is 12.6. The summed E-state index contributed by atoms with van der Waals surface area (Å²) < 4.78 is 16.6. The molecular weight excluding hydrogens is 448 g/mol. The minimum atomic E-state index is -0.238. The summed E-state index contributed by atoms with van der Waals surface area (Å²) >= 11 is 0. The number of nitrogens with zero attached hydrogens (tertiary/aromatic N) is 4. The Kier molecular flexibility index (Phi) is 6.82. The second-order valence-corrected chi connectivity index (χ2v) is 7.99. The number of hydrogen-bond acceptors (Lipinski definition) is 9. The van der Waals surface area contributed by atoms with Crippen LogP contribution in [0.4, 0.5) is 11.5 Å². The van der Waals surface area contributed by atoms with Crippen LogP contribution < -0.4 is 20.3 Å². The normalized spacial score (nSPS) is 14.1. The first-order chi connectivity index (χ1) is 17.2. The third kappa shape index (κ3) is 5.23. The highest BCUT2D eigenvalue weighted by atomic mass is 16.5. The minimum Gasteiger partial charge on any atom is -0.492 e. The van der Waals surface area contributed by atoms with Crippen LogP contribution in [0.3, 0.4) is 0 Å². The number of hydrogen-bond donors (Lipinski definition) is 2. The molecule has 1 saturated heterocycles. The lowest BCUT2D eigenvalue weighted by atomic mass is 10.1. The Labute approximate surface area is 201 Å². The van der Waals surface area contributed by atoms with Crippen LogP contribution in [0.25, 0.3) is 22.2 Å². The number of H-pyrrole nitrogens is 1. The second kappa shape index (κ2) is 10.5. The van der Waals surface area contributed by atoms with Crippen LogP contribution in [0.1, 0.15) is 0 Å². The van der Waals surface area contributed by atoms with Crippen molar-refractivity contribution in [2.45, 2.75) is 0 Å². The largest absolute Gasteiger partial charge is 0.492 e. The first kappa shape index (κ1) is 22.8. The Hall–Kier alpha value is -4.02. The fourth-order valence-corrected chi connectivity index (χ4v) is 3.96. The molecule has 1 fully saturated rings. The fourth-order valence-electron chi connectivity index (χ4n) is 3.96. The van der Waals surface area contributed by atoms with Crippen LogP contribution in [0, 0.1) is 0 Å². The molecule has 0 saturated carbocycles. The Balaban J connectivity index is 1.37. The Morgan fingerprint density at radius 3 is 2.71 bits per heavy atom. The van der Waals surface area contributed by atoms with Gasteiger partial charge in [0.2, 0.25) is 5.88 Å². The van der Waals surface area contributed by atoms with Crippen LogP contribution in [0.2, 0.25) is 0 Å². The molecular formula is C25H26N6O4. The monoisotopic (exact) mass is 474 g/mol. The lowest BCUT2D eigenvalue weighted by Crippen LogP contribution is -2.38. The van der Waals surface area contributed by atoms with E-state index in [0.29, 0.717) is 35.1 Å². The average molecular weight is 475 g/mol.